The molecular weight excluding hydrogens is 308 g/mol. The SMILES string of the molecule is CCCCc1cc(C)cc(=O)n1-c1ccccc1-c1ccccc1N. The molecule has 3 heteroatoms. The Balaban J connectivity index is 2.25. The molecule has 3 rings (SSSR count). The molecule has 2 aromatic carbocycles. The highest BCUT2D eigenvalue weighted by Crippen LogP contribution is 2.31. The molecule has 2 N–H and O–H groups in total. The van der Waals surface area contributed by atoms with Gasteiger partial charge in [0.1, 0.15) is 0 Å². The number of hydrogen-bond donors (Lipinski definition) is 1. The van der Waals surface area contributed by atoms with Crippen LogP contribution in [-0.4, -0.2) is 4.57 Å². The number of aryl methyl sites for hydroxylation is 2. The lowest BCUT2D eigenvalue weighted by atomic mass is 10.0. The average molecular weight is 332 g/mol. The summed E-state index contributed by atoms with van der Waals surface area (Å²) >= 11 is 0. The van der Waals surface area contributed by atoms with Gasteiger partial charge in [-0.2, -0.15) is 0 Å². The van der Waals surface area contributed by atoms with Gasteiger partial charge in [0.15, 0.2) is 0 Å². The Morgan fingerprint density at radius 2 is 1.64 bits per heavy atom. The molecule has 0 spiro atoms. The highest BCUT2D eigenvalue weighted by atomic mass is 16.1. The van der Waals surface area contributed by atoms with Crippen molar-refractivity contribution in [2.24, 2.45) is 0 Å². The maximum Gasteiger partial charge on any atom is 0.255 e. The van der Waals surface area contributed by atoms with Crippen LogP contribution in [0, 0.1) is 6.92 Å². The summed E-state index contributed by atoms with van der Waals surface area (Å²) in [4.78, 5) is 12.8. The number of para-hydroxylation sites is 2. The van der Waals surface area contributed by atoms with Crippen molar-refractivity contribution in [3.05, 3.63) is 82.3 Å². The number of nitrogens with two attached hydrogens (primary N) is 1. The van der Waals surface area contributed by atoms with Gasteiger partial charge in [-0.05, 0) is 43.5 Å². The number of pyridine rings is 1. The molecular formula is C22H24N2O. The number of hydrogen-bond acceptors (Lipinski definition) is 2. The predicted octanol–water partition coefficient (Wildman–Crippen LogP) is 4.74. The van der Waals surface area contributed by atoms with Gasteiger partial charge in [0.2, 0.25) is 0 Å². The van der Waals surface area contributed by atoms with E-state index in [4.69, 9.17) is 5.73 Å². The van der Waals surface area contributed by atoms with E-state index in [2.05, 4.69) is 13.0 Å². The zero-order chi connectivity index (χ0) is 17.8. The van der Waals surface area contributed by atoms with Crippen LogP contribution in [0.25, 0.3) is 16.8 Å². The van der Waals surface area contributed by atoms with Gasteiger partial charge < -0.3 is 5.73 Å². The molecule has 0 unspecified atom stereocenters. The Morgan fingerprint density at radius 1 is 0.960 bits per heavy atom. The van der Waals surface area contributed by atoms with Gasteiger partial charge in [0.25, 0.3) is 5.56 Å². The van der Waals surface area contributed by atoms with Crippen molar-refractivity contribution in [2.75, 3.05) is 5.73 Å². The molecule has 128 valence electrons. The second kappa shape index (κ2) is 7.39. The number of rotatable bonds is 5. The molecule has 3 nitrogen and oxygen atoms in total. The molecule has 0 aliphatic carbocycles. The molecule has 0 saturated carbocycles. The molecule has 0 aliphatic heterocycles. The van der Waals surface area contributed by atoms with E-state index in [1.165, 1.54) is 0 Å². The Hall–Kier alpha value is -2.81. The van der Waals surface area contributed by atoms with Crippen molar-refractivity contribution >= 4 is 5.69 Å². The number of nitrogens with zero attached hydrogens (tertiary/aromatic N) is 1. The normalized spacial score (nSPS) is 10.8. The van der Waals surface area contributed by atoms with Crippen molar-refractivity contribution in [2.45, 2.75) is 33.1 Å². The Bertz CT molecular complexity index is 941. The Morgan fingerprint density at radius 3 is 2.36 bits per heavy atom. The molecule has 1 heterocycles. The number of nitrogen functional groups attached to an aromatic ring is 1. The van der Waals surface area contributed by atoms with Crippen LogP contribution < -0.4 is 11.3 Å². The highest BCUT2D eigenvalue weighted by molar-refractivity contribution is 5.82. The zero-order valence-electron chi connectivity index (χ0n) is 14.8. The van der Waals surface area contributed by atoms with Crippen molar-refractivity contribution in [1.82, 2.24) is 4.57 Å². The molecule has 3 aromatic rings. The van der Waals surface area contributed by atoms with E-state index in [0.717, 1.165) is 47.3 Å². The van der Waals surface area contributed by atoms with Crippen molar-refractivity contribution < 1.29 is 0 Å². The second-order valence-electron chi connectivity index (χ2n) is 6.41. The van der Waals surface area contributed by atoms with Gasteiger partial charge in [0.05, 0.1) is 5.69 Å². The lowest BCUT2D eigenvalue weighted by Gasteiger charge is -2.18. The zero-order valence-corrected chi connectivity index (χ0v) is 14.8. The summed E-state index contributed by atoms with van der Waals surface area (Å²) in [5, 5.41) is 0. The van der Waals surface area contributed by atoms with Crippen LogP contribution in [0.15, 0.2) is 65.5 Å². The summed E-state index contributed by atoms with van der Waals surface area (Å²) in [6.07, 6.45) is 3.03. The van der Waals surface area contributed by atoms with E-state index in [1.807, 2.05) is 60.0 Å². The number of anilines is 1. The van der Waals surface area contributed by atoms with E-state index in [-0.39, 0.29) is 5.56 Å². The van der Waals surface area contributed by atoms with E-state index in [0.29, 0.717) is 5.69 Å². The first kappa shape index (κ1) is 17.0. The second-order valence-corrected chi connectivity index (χ2v) is 6.41. The lowest BCUT2D eigenvalue weighted by molar-refractivity contribution is 0.743. The Kier molecular flexibility index (Phi) is 5.03. The Labute approximate surface area is 148 Å². The molecule has 0 fully saturated rings. The first-order chi connectivity index (χ1) is 12.1. The molecule has 1 aromatic heterocycles. The van der Waals surface area contributed by atoms with Gasteiger partial charge in [-0.1, -0.05) is 49.7 Å². The molecule has 0 amide bonds. The molecule has 0 atom stereocenters. The van der Waals surface area contributed by atoms with Crippen LogP contribution in [0.4, 0.5) is 5.69 Å². The van der Waals surface area contributed by atoms with Crippen LogP contribution >= 0.6 is 0 Å². The van der Waals surface area contributed by atoms with E-state index in [1.54, 1.807) is 6.07 Å². The van der Waals surface area contributed by atoms with E-state index in [9.17, 15) is 4.79 Å². The summed E-state index contributed by atoms with van der Waals surface area (Å²) < 4.78 is 1.84. The van der Waals surface area contributed by atoms with Gasteiger partial charge in [-0.3, -0.25) is 9.36 Å². The van der Waals surface area contributed by atoms with Crippen LogP contribution in [0.3, 0.4) is 0 Å². The molecule has 25 heavy (non-hydrogen) atoms. The summed E-state index contributed by atoms with van der Waals surface area (Å²) in [6.45, 7) is 4.14. The van der Waals surface area contributed by atoms with Crippen LogP contribution in [-0.2, 0) is 6.42 Å². The van der Waals surface area contributed by atoms with Crippen molar-refractivity contribution in [3.8, 4) is 16.8 Å². The minimum Gasteiger partial charge on any atom is -0.398 e. The maximum absolute atomic E-state index is 12.8. The summed E-state index contributed by atoms with van der Waals surface area (Å²) in [6, 6.07) is 19.6. The quantitative estimate of drug-likeness (QED) is 0.686. The molecule has 0 radical (unpaired) electrons. The monoisotopic (exact) mass is 332 g/mol. The largest absolute Gasteiger partial charge is 0.398 e. The minimum atomic E-state index is 0.00746. The predicted molar refractivity (Wildman–Crippen MR) is 105 cm³/mol. The summed E-state index contributed by atoms with van der Waals surface area (Å²) in [7, 11) is 0. The van der Waals surface area contributed by atoms with Gasteiger partial charge in [0, 0.05) is 28.6 Å². The summed E-state index contributed by atoms with van der Waals surface area (Å²) in [5.41, 5.74) is 11.8. The standard InChI is InChI=1S/C22H24N2O/c1-3-4-9-17-14-16(2)15-22(25)24(17)21-13-8-6-11-19(21)18-10-5-7-12-20(18)23/h5-8,10-15H,3-4,9,23H2,1-2H3. The lowest BCUT2D eigenvalue weighted by Crippen LogP contribution is -2.22. The molecule has 0 saturated heterocycles. The number of benzene rings is 2. The van der Waals surface area contributed by atoms with E-state index < -0.39 is 0 Å². The minimum absolute atomic E-state index is 0.00746. The summed E-state index contributed by atoms with van der Waals surface area (Å²) in [5.74, 6) is 0. The first-order valence-corrected chi connectivity index (χ1v) is 8.78. The van der Waals surface area contributed by atoms with Crippen LogP contribution in [0.2, 0.25) is 0 Å². The van der Waals surface area contributed by atoms with Gasteiger partial charge in [-0.15, -0.1) is 0 Å². The third-order valence-electron chi connectivity index (χ3n) is 4.44. The van der Waals surface area contributed by atoms with Gasteiger partial charge >= 0.3 is 0 Å². The maximum atomic E-state index is 12.8. The fourth-order valence-corrected chi connectivity index (χ4v) is 3.22. The fraction of sp³-hybridized carbons (Fsp3) is 0.227. The van der Waals surface area contributed by atoms with Crippen LogP contribution in [0.5, 0.6) is 0 Å². The van der Waals surface area contributed by atoms with Crippen LogP contribution in [0.1, 0.15) is 31.0 Å². The average Bonchev–Trinajstić information content (AvgIpc) is 2.60. The van der Waals surface area contributed by atoms with E-state index >= 15 is 0 Å². The topological polar surface area (TPSA) is 48.0 Å². The number of unbranched alkanes of at least 4 members (excludes halogenated alkanes) is 1. The smallest absolute Gasteiger partial charge is 0.255 e. The first-order valence-electron chi connectivity index (χ1n) is 8.78. The van der Waals surface area contributed by atoms with Crippen molar-refractivity contribution in [1.29, 1.82) is 0 Å². The molecule has 0 bridgehead atoms. The third-order valence-corrected chi connectivity index (χ3v) is 4.44. The number of aromatic nitrogens is 1. The molecule has 0 aliphatic rings. The fourth-order valence-electron chi connectivity index (χ4n) is 3.22. The van der Waals surface area contributed by atoms with Crippen molar-refractivity contribution in [3.63, 3.8) is 0 Å². The third kappa shape index (κ3) is 3.50. The highest BCUT2D eigenvalue weighted by Gasteiger charge is 2.13. The van der Waals surface area contributed by atoms with Gasteiger partial charge in [-0.25, -0.2) is 0 Å².